The van der Waals surface area contributed by atoms with E-state index >= 15 is 0 Å². The SMILES string of the molecule is Cc1cccc(C2=CCC(O)CC2)c1. The number of allylic oxidation sites excluding steroid dienone is 1. The van der Waals surface area contributed by atoms with Crippen molar-refractivity contribution in [2.75, 3.05) is 0 Å². The molecule has 1 aliphatic carbocycles. The third-order valence-corrected chi connectivity index (χ3v) is 2.77. The van der Waals surface area contributed by atoms with Gasteiger partial charge < -0.3 is 5.11 Å². The van der Waals surface area contributed by atoms with Gasteiger partial charge in [0, 0.05) is 0 Å². The highest BCUT2D eigenvalue weighted by atomic mass is 16.3. The average molecular weight is 188 g/mol. The van der Waals surface area contributed by atoms with Gasteiger partial charge in [0.15, 0.2) is 0 Å². The van der Waals surface area contributed by atoms with Crippen molar-refractivity contribution in [3.8, 4) is 0 Å². The molecular formula is C13H16O. The summed E-state index contributed by atoms with van der Waals surface area (Å²) < 4.78 is 0. The molecule has 0 spiro atoms. The lowest BCUT2D eigenvalue weighted by atomic mass is 9.91. The number of hydrogen-bond acceptors (Lipinski definition) is 1. The third kappa shape index (κ3) is 2.05. The van der Waals surface area contributed by atoms with E-state index in [9.17, 15) is 5.11 Å². The minimum absolute atomic E-state index is 0.122. The van der Waals surface area contributed by atoms with E-state index in [1.807, 2.05) is 0 Å². The molecule has 0 heterocycles. The van der Waals surface area contributed by atoms with Gasteiger partial charge >= 0.3 is 0 Å². The molecule has 1 nitrogen and oxygen atoms in total. The molecule has 0 bridgehead atoms. The number of hydrogen-bond donors (Lipinski definition) is 1. The van der Waals surface area contributed by atoms with Crippen LogP contribution in [0.1, 0.15) is 30.4 Å². The molecule has 2 rings (SSSR count). The van der Waals surface area contributed by atoms with Crippen LogP contribution < -0.4 is 0 Å². The van der Waals surface area contributed by atoms with Crippen molar-refractivity contribution in [3.05, 3.63) is 41.5 Å². The van der Waals surface area contributed by atoms with E-state index in [0.29, 0.717) is 0 Å². The molecule has 0 aromatic heterocycles. The van der Waals surface area contributed by atoms with Crippen LogP contribution in [-0.2, 0) is 0 Å². The summed E-state index contributed by atoms with van der Waals surface area (Å²) >= 11 is 0. The predicted octanol–water partition coefficient (Wildman–Crippen LogP) is 2.92. The fourth-order valence-corrected chi connectivity index (χ4v) is 1.93. The van der Waals surface area contributed by atoms with Gasteiger partial charge in [-0.1, -0.05) is 35.9 Å². The molecule has 74 valence electrons. The molecule has 0 fully saturated rings. The van der Waals surface area contributed by atoms with Crippen LogP contribution in [0.15, 0.2) is 30.3 Å². The molecule has 0 aliphatic heterocycles. The molecule has 0 amide bonds. The molecule has 0 saturated carbocycles. The summed E-state index contributed by atoms with van der Waals surface area (Å²) in [7, 11) is 0. The van der Waals surface area contributed by atoms with Gasteiger partial charge in [0.25, 0.3) is 0 Å². The van der Waals surface area contributed by atoms with E-state index in [4.69, 9.17) is 0 Å². The summed E-state index contributed by atoms with van der Waals surface area (Å²) in [5, 5.41) is 9.38. The lowest BCUT2D eigenvalue weighted by Crippen LogP contribution is -2.09. The van der Waals surface area contributed by atoms with Crippen molar-refractivity contribution in [1.29, 1.82) is 0 Å². The lowest BCUT2D eigenvalue weighted by molar-refractivity contribution is 0.166. The summed E-state index contributed by atoms with van der Waals surface area (Å²) in [6.45, 7) is 2.11. The first-order chi connectivity index (χ1) is 6.75. The van der Waals surface area contributed by atoms with Crippen LogP contribution in [-0.4, -0.2) is 11.2 Å². The fraction of sp³-hybridized carbons (Fsp3) is 0.385. The Bertz CT molecular complexity index is 352. The van der Waals surface area contributed by atoms with Gasteiger partial charge in [0.1, 0.15) is 0 Å². The second kappa shape index (κ2) is 3.97. The van der Waals surface area contributed by atoms with Crippen LogP contribution in [0.3, 0.4) is 0 Å². The maximum atomic E-state index is 9.38. The number of aryl methyl sites for hydroxylation is 1. The van der Waals surface area contributed by atoms with Crippen molar-refractivity contribution < 1.29 is 5.11 Å². The number of benzene rings is 1. The van der Waals surface area contributed by atoms with Crippen LogP contribution in [0.5, 0.6) is 0 Å². The largest absolute Gasteiger partial charge is 0.393 e. The first-order valence-electron chi connectivity index (χ1n) is 5.20. The van der Waals surface area contributed by atoms with Crippen molar-refractivity contribution in [2.24, 2.45) is 0 Å². The molecule has 1 aromatic rings. The van der Waals surface area contributed by atoms with Gasteiger partial charge in [0.05, 0.1) is 6.10 Å². The normalized spacial score (nSPS) is 21.9. The smallest absolute Gasteiger partial charge is 0.0578 e. The third-order valence-electron chi connectivity index (χ3n) is 2.77. The topological polar surface area (TPSA) is 20.2 Å². The molecule has 0 radical (unpaired) electrons. The Morgan fingerprint density at radius 1 is 1.36 bits per heavy atom. The lowest BCUT2D eigenvalue weighted by Gasteiger charge is -2.17. The molecule has 14 heavy (non-hydrogen) atoms. The number of rotatable bonds is 1. The molecule has 1 N–H and O–H groups in total. The van der Waals surface area contributed by atoms with E-state index < -0.39 is 0 Å². The molecule has 1 heteroatoms. The Labute approximate surface area is 85.1 Å². The summed E-state index contributed by atoms with van der Waals surface area (Å²) in [6, 6.07) is 8.57. The van der Waals surface area contributed by atoms with Crippen molar-refractivity contribution >= 4 is 5.57 Å². The predicted molar refractivity (Wildman–Crippen MR) is 59.0 cm³/mol. The van der Waals surface area contributed by atoms with Gasteiger partial charge in [-0.05, 0) is 37.3 Å². The van der Waals surface area contributed by atoms with Crippen LogP contribution in [0.4, 0.5) is 0 Å². The highest BCUT2D eigenvalue weighted by Gasteiger charge is 2.12. The fourth-order valence-electron chi connectivity index (χ4n) is 1.93. The van der Waals surface area contributed by atoms with E-state index in [1.54, 1.807) is 0 Å². The Morgan fingerprint density at radius 2 is 2.21 bits per heavy atom. The second-order valence-electron chi connectivity index (χ2n) is 4.03. The molecule has 1 aliphatic rings. The Balaban J connectivity index is 2.23. The van der Waals surface area contributed by atoms with Crippen molar-refractivity contribution in [2.45, 2.75) is 32.3 Å². The van der Waals surface area contributed by atoms with Crippen LogP contribution >= 0.6 is 0 Å². The zero-order valence-electron chi connectivity index (χ0n) is 8.53. The molecule has 1 aromatic carbocycles. The average Bonchev–Trinajstić information content (AvgIpc) is 2.19. The Morgan fingerprint density at radius 3 is 2.86 bits per heavy atom. The summed E-state index contributed by atoms with van der Waals surface area (Å²) in [4.78, 5) is 0. The van der Waals surface area contributed by atoms with Crippen LogP contribution in [0.25, 0.3) is 5.57 Å². The van der Waals surface area contributed by atoms with E-state index in [2.05, 4.69) is 37.3 Å². The van der Waals surface area contributed by atoms with Gasteiger partial charge in [-0.15, -0.1) is 0 Å². The zero-order valence-corrected chi connectivity index (χ0v) is 8.53. The first kappa shape index (κ1) is 9.47. The van der Waals surface area contributed by atoms with Gasteiger partial charge in [0.2, 0.25) is 0 Å². The first-order valence-corrected chi connectivity index (χ1v) is 5.20. The van der Waals surface area contributed by atoms with E-state index in [-0.39, 0.29) is 6.10 Å². The monoisotopic (exact) mass is 188 g/mol. The van der Waals surface area contributed by atoms with Crippen LogP contribution in [0.2, 0.25) is 0 Å². The highest BCUT2D eigenvalue weighted by Crippen LogP contribution is 2.27. The maximum Gasteiger partial charge on any atom is 0.0578 e. The van der Waals surface area contributed by atoms with E-state index in [1.165, 1.54) is 16.7 Å². The minimum Gasteiger partial charge on any atom is -0.393 e. The molecule has 1 unspecified atom stereocenters. The molecule has 1 atom stereocenters. The Hall–Kier alpha value is -1.08. The van der Waals surface area contributed by atoms with Crippen LogP contribution in [0, 0.1) is 6.92 Å². The standard InChI is InChI=1S/C13H16O/c1-10-3-2-4-12(9-10)11-5-7-13(14)8-6-11/h2-5,9,13-14H,6-8H2,1H3. The number of aliphatic hydroxyl groups is 1. The summed E-state index contributed by atoms with van der Waals surface area (Å²) in [5.74, 6) is 0. The molecule has 0 saturated heterocycles. The summed E-state index contributed by atoms with van der Waals surface area (Å²) in [6.07, 6.45) is 4.76. The number of aliphatic hydroxyl groups excluding tert-OH is 1. The quantitative estimate of drug-likeness (QED) is 0.718. The summed E-state index contributed by atoms with van der Waals surface area (Å²) in [5.41, 5.74) is 4.01. The van der Waals surface area contributed by atoms with E-state index in [0.717, 1.165) is 19.3 Å². The second-order valence-corrected chi connectivity index (χ2v) is 4.03. The van der Waals surface area contributed by atoms with Crippen molar-refractivity contribution in [1.82, 2.24) is 0 Å². The Kier molecular flexibility index (Phi) is 2.69. The van der Waals surface area contributed by atoms with Crippen molar-refractivity contribution in [3.63, 3.8) is 0 Å². The minimum atomic E-state index is -0.122. The zero-order chi connectivity index (χ0) is 9.97. The van der Waals surface area contributed by atoms with Gasteiger partial charge in [-0.2, -0.15) is 0 Å². The highest BCUT2D eigenvalue weighted by molar-refractivity contribution is 5.66. The van der Waals surface area contributed by atoms with Gasteiger partial charge in [-0.3, -0.25) is 0 Å². The maximum absolute atomic E-state index is 9.38. The van der Waals surface area contributed by atoms with Gasteiger partial charge in [-0.25, -0.2) is 0 Å². The molecular weight excluding hydrogens is 172 g/mol.